The smallest absolute Gasteiger partial charge is 0.313 e. The number of hydrogen-bond donors (Lipinski definition) is 0. The number of carbonyl (C=O) groups is 1. The number of esters is 1. The minimum atomic E-state index is -1.18. The second-order valence-corrected chi connectivity index (χ2v) is 11.7. The molecule has 0 aliphatic rings. The minimum Gasteiger partial charge on any atom is -0.466 e. The van der Waals surface area contributed by atoms with Gasteiger partial charge in [-0.1, -0.05) is 48.8 Å². The van der Waals surface area contributed by atoms with Crippen LogP contribution in [0.4, 0.5) is 0 Å². The molecule has 5 heteroatoms. The van der Waals surface area contributed by atoms with Crippen molar-refractivity contribution in [3.05, 3.63) is 34.3 Å². The number of benzene rings is 1. The van der Waals surface area contributed by atoms with E-state index in [0.29, 0.717) is 19.6 Å². The summed E-state index contributed by atoms with van der Waals surface area (Å²) in [5.74, 6) is -0.458. The lowest BCUT2D eigenvalue weighted by molar-refractivity contribution is -0.145. The SMILES string of the molecule is CCOC(=O)C(CCOS(C)(C)C(C)(C)C)c1ccc(Br)cc1. The van der Waals surface area contributed by atoms with Crippen molar-refractivity contribution in [3.8, 4) is 0 Å². The zero-order chi connectivity index (χ0) is 17.7. The maximum absolute atomic E-state index is 12.3. The average Bonchev–Trinajstić information content (AvgIpc) is 2.44. The quantitative estimate of drug-likeness (QED) is 0.579. The van der Waals surface area contributed by atoms with Gasteiger partial charge in [0, 0.05) is 9.22 Å². The second kappa shape index (κ2) is 8.54. The lowest BCUT2D eigenvalue weighted by Crippen LogP contribution is -2.26. The van der Waals surface area contributed by atoms with Crippen molar-refractivity contribution in [2.24, 2.45) is 0 Å². The van der Waals surface area contributed by atoms with Crippen LogP contribution in [0, 0.1) is 0 Å². The third-order valence-electron chi connectivity index (χ3n) is 4.10. The molecule has 0 radical (unpaired) electrons. The molecule has 0 N–H and O–H groups in total. The molecule has 0 saturated carbocycles. The molecule has 1 rings (SSSR count). The lowest BCUT2D eigenvalue weighted by Gasteiger charge is -2.43. The normalized spacial score (nSPS) is 14.4. The van der Waals surface area contributed by atoms with Crippen LogP contribution < -0.4 is 0 Å². The number of ether oxygens (including phenoxy) is 1. The van der Waals surface area contributed by atoms with E-state index in [2.05, 4.69) is 49.2 Å². The van der Waals surface area contributed by atoms with Gasteiger partial charge >= 0.3 is 5.97 Å². The molecule has 23 heavy (non-hydrogen) atoms. The van der Waals surface area contributed by atoms with E-state index < -0.39 is 10.3 Å². The van der Waals surface area contributed by atoms with Gasteiger partial charge in [0.2, 0.25) is 0 Å². The fourth-order valence-electron chi connectivity index (χ4n) is 1.91. The third kappa shape index (κ3) is 6.12. The van der Waals surface area contributed by atoms with Gasteiger partial charge in [-0.25, -0.2) is 0 Å². The summed E-state index contributed by atoms with van der Waals surface area (Å²) in [4.78, 5) is 12.3. The molecule has 1 aromatic rings. The van der Waals surface area contributed by atoms with E-state index >= 15 is 0 Å². The molecule has 0 saturated heterocycles. The van der Waals surface area contributed by atoms with Gasteiger partial charge in [-0.2, -0.15) is 0 Å². The topological polar surface area (TPSA) is 35.5 Å². The van der Waals surface area contributed by atoms with Gasteiger partial charge < -0.3 is 8.92 Å². The van der Waals surface area contributed by atoms with E-state index in [1.807, 2.05) is 31.2 Å². The van der Waals surface area contributed by atoms with Gasteiger partial charge in [0.05, 0.1) is 19.1 Å². The number of halogens is 1. The van der Waals surface area contributed by atoms with Gasteiger partial charge in [0.15, 0.2) is 0 Å². The molecule has 0 aliphatic heterocycles. The summed E-state index contributed by atoms with van der Waals surface area (Å²) < 4.78 is 12.5. The highest BCUT2D eigenvalue weighted by Gasteiger charge is 2.30. The van der Waals surface area contributed by atoms with Crippen LogP contribution in [-0.4, -0.2) is 36.4 Å². The van der Waals surface area contributed by atoms with Crippen LogP contribution >= 0.6 is 26.2 Å². The van der Waals surface area contributed by atoms with E-state index in [1.54, 1.807) is 0 Å². The van der Waals surface area contributed by atoms with E-state index in [4.69, 9.17) is 8.92 Å². The average molecular weight is 405 g/mol. The van der Waals surface area contributed by atoms with E-state index in [9.17, 15) is 4.79 Å². The number of carbonyl (C=O) groups excluding carboxylic acids is 1. The molecule has 1 atom stereocenters. The largest absolute Gasteiger partial charge is 0.466 e. The maximum atomic E-state index is 12.3. The van der Waals surface area contributed by atoms with E-state index in [0.717, 1.165) is 10.0 Å². The standard InChI is InChI=1S/C18H29BrO3S/c1-7-21-17(20)16(14-8-10-15(19)11-9-14)12-13-22-23(5,6)18(2,3)4/h8-11,16H,7,12-13H2,1-6H3. The fraction of sp³-hybridized carbons (Fsp3) is 0.611. The van der Waals surface area contributed by atoms with Crippen LogP contribution in [0.15, 0.2) is 28.7 Å². The Balaban J connectivity index is 2.79. The highest BCUT2D eigenvalue weighted by atomic mass is 79.9. The summed E-state index contributed by atoms with van der Waals surface area (Å²) in [5, 5.41) is 0. The van der Waals surface area contributed by atoms with Crippen molar-refractivity contribution in [1.82, 2.24) is 0 Å². The van der Waals surface area contributed by atoms with Gasteiger partial charge in [-0.05, 0) is 43.6 Å². The third-order valence-corrected chi connectivity index (χ3v) is 8.34. The molecule has 1 aromatic carbocycles. The molecule has 0 spiro atoms. The van der Waals surface area contributed by atoms with Gasteiger partial charge in [-0.3, -0.25) is 4.79 Å². The van der Waals surface area contributed by atoms with E-state index in [-0.39, 0.29) is 16.6 Å². The Bertz CT molecular complexity index is 506. The van der Waals surface area contributed by atoms with Gasteiger partial charge in [-0.15, -0.1) is 10.3 Å². The summed E-state index contributed by atoms with van der Waals surface area (Å²) in [6.07, 6.45) is 4.98. The maximum Gasteiger partial charge on any atom is 0.313 e. The number of hydrogen-bond acceptors (Lipinski definition) is 3. The van der Waals surface area contributed by atoms with Crippen LogP contribution in [0.3, 0.4) is 0 Å². The predicted molar refractivity (Wildman–Crippen MR) is 103 cm³/mol. The highest BCUT2D eigenvalue weighted by molar-refractivity contribution is 9.10. The Kier molecular flexibility index (Phi) is 7.62. The zero-order valence-corrected chi connectivity index (χ0v) is 17.4. The van der Waals surface area contributed by atoms with Crippen LogP contribution in [0.2, 0.25) is 0 Å². The Hall–Kier alpha value is -0.520. The highest BCUT2D eigenvalue weighted by Crippen LogP contribution is 2.53. The van der Waals surface area contributed by atoms with Crippen LogP contribution in [0.1, 0.15) is 45.6 Å². The molecule has 3 nitrogen and oxygen atoms in total. The second-order valence-electron chi connectivity index (χ2n) is 6.81. The number of rotatable bonds is 7. The van der Waals surface area contributed by atoms with Crippen LogP contribution in [0.25, 0.3) is 0 Å². The molecule has 0 fully saturated rings. The molecule has 0 aliphatic carbocycles. The molecule has 0 aromatic heterocycles. The predicted octanol–water partition coefficient (Wildman–Crippen LogP) is 5.28. The molecule has 0 amide bonds. The summed E-state index contributed by atoms with van der Waals surface area (Å²) in [6.45, 7) is 9.37. The lowest BCUT2D eigenvalue weighted by atomic mass is 9.96. The van der Waals surface area contributed by atoms with Crippen molar-refractivity contribution in [1.29, 1.82) is 0 Å². The molecule has 0 heterocycles. The first-order valence-corrected chi connectivity index (χ1v) is 11.0. The van der Waals surface area contributed by atoms with Gasteiger partial charge in [0.25, 0.3) is 0 Å². The summed E-state index contributed by atoms with van der Waals surface area (Å²) in [6, 6.07) is 7.83. The monoisotopic (exact) mass is 404 g/mol. The molecular formula is C18H29BrO3S. The molecule has 132 valence electrons. The Morgan fingerprint density at radius 1 is 1.22 bits per heavy atom. The first-order valence-electron chi connectivity index (χ1n) is 7.88. The van der Waals surface area contributed by atoms with Crippen LogP contribution in [-0.2, 0) is 13.7 Å². The first-order chi connectivity index (χ1) is 10.6. The van der Waals surface area contributed by atoms with E-state index in [1.165, 1.54) is 0 Å². The van der Waals surface area contributed by atoms with Crippen molar-refractivity contribution in [2.75, 3.05) is 25.7 Å². The van der Waals surface area contributed by atoms with Crippen molar-refractivity contribution < 1.29 is 13.7 Å². The Labute approximate surface area is 150 Å². The molecule has 1 unspecified atom stereocenters. The minimum absolute atomic E-state index is 0.115. The van der Waals surface area contributed by atoms with Crippen molar-refractivity contribution >= 4 is 32.2 Å². The molecule has 0 bridgehead atoms. The van der Waals surface area contributed by atoms with Gasteiger partial charge in [0.1, 0.15) is 0 Å². The summed E-state index contributed by atoms with van der Waals surface area (Å²) in [5.41, 5.74) is 0.971. The first kappa shape index (κ1) is 20.5. The summed E-state index contributed by atoms with van der Waals surface area (Å²) in [7, 11) is -1.18. The Morgan fingerprint density at radius 3 is 2.26 bits per heavy atom. The van der Waals surface area contributed by atoms with Crippen molar-refractivity contribution in [3.63, 3.8) is 0 Å². The Morgan fingerprint density at radius 2 is 1.78 bits per heavy atom. The molecular weight excluding hydrogens is 376 g/mol. The zero-order valence-electron chi connectivity index (χ0n) is 15.0. The van der Waals surface area contributed by atoms with Crippen molar-refractivity contribution in [2.45, 2.75) is 44.8 Å². The summed E-state index contributed by atoms with van der Waals surface area (Å²) >= 11 is 3.43. The van der Waals surface area contributed by atoms with Crippen LogP contribution in [0.5, 0.6) is 0 Å². The fourth-order valence-corrected chi connectivity index (χ4v) is 3.04.